The molecular formula is C18H28N2O2. The molecule has 1 fully saturated rings. The number of benzene rings is 1. The molecule has 1 aliphatic heterocycles. The molecule has 22 heavy (non-hydrogen) atoms. The van der Waals surface area contributed by atoms with Crippen LogP contribution in [-0.4, -0.2) is 41.7 Å². The number of hydrogen-bond acceptors (Lipinski definition) is 3. The van der Waals surface area contributed by atoms with Gasteiger partial charge in [0.25, 0.3) is 0 Å². The van der Waals surface area contributed by atoms with Crippen molar-refractivity contribution in [3.05, 3.63) is 35.9 Å². The van der Waals surface area contributed by atoms with E-state index in [1.54, 1.807) is 0 Å². The second-order valence-corrected chi connectivity index (χ2v) is 6.49. The summed E-state index contributed by atoms with van der Waals surface area (Å²) in [6.45, 7) is 6.63. The molecule has 2 unspecified atom stereocenters. The minimum Gasteiger partial charge on any atom is -0.392 e. The van der Waals surface area contributed by atoms with Crippen molar-refractivity contribution in [3.63, 3.8) is 0 Å². The Morgan fingerprint density at radius 2 is 1.86 bits per heavy atom. The zero-order chi connectivity index (χ0) is 15.9. The van der Waals surface area contributed by atoms with Crippen LogP contribution in [0.3, 0.4) is 0 Å². The van der Waals surface area contributed by atoms with Gasteiger partial charge in [0.2, 0.25) is 5.91 Å². The van der Waals surface area contributed by atoms with Crippen LogP contribution in [-0.2, 0) is 4.79 Å². The fraction of sp³-hybridized carbons (Fsp3) is 0.611. The SMILES string of the molecule is CC(C)C(O)CC(=O)NCC(c1ccccc1)N1CCCC1. The third-order valence-electron chi connectivity index (χ3n) is 4.42. The molecule has 1 aliphatic rings. The Bertz CT molecular complexity index is 455. The first-order chi connectivity index (χ1) is 10.6. The number of aliphatic hydroxyl groups excluding tert-OH is 1. The van der Waals surface area contributed by atoms with Crippen molar-refractivity contribution < 1.29 is 9.90 Å². The normalized spacial score (nSPS) is 18.4. The van der Waals surface area contributed by atoms with Gasteiger partial charge in [-0.1, -0.05) is 44.2 Å². The number of nitrogens with zero attached hydrogens (tertiary/aromatic N) is 1. The highest BCUT2D eigenvalue weighted by Crippen LogP contribution is 2.24. The summed E-state index contributed by atoms with van der Waals surface area (Å²) in [5, 5.41) is 12.8. The zero-order valence-electron chi connectivity index (χ0n) is 13.7. The number of rotatable bonds is 7. The highest BCUT2D eigenvalue weighted by Gasteiger charge is 2.24. The molecule has 122 valence electrons. The van der Waals surface area contributed by atoms with Gasteiger partial charge < -0.3 is 10.4 Å². The van der Waals surface area contributed by atoms with Gasteiger partial charge in [-0.3, -0.25) is 9.69 Å². The van der Waals surface area contributed by atoms with E-state index < -0.39 is 6.10 Å². The predicted molar refractivity (Wildman–Crippen MR) is 88.5 cm³/mol. The maximum Gasteiger partial charge on any atom is 0.222 e. The maximum atomic E-state index is 12.0. The van der Waals surface area contributed by atoms with Crippen molar-refractivity contribution in [2.45, 2.75) is 45.3 Å². The topological polar surface area (TPSA) is 52.6 Å². The lowest BCUT2D eigenvalue weighted by Gasteiger charge is -2.28. The molecule has 1 aromatic rings. The lowest BCUT2D eigenvalue weighted by molar-refractivity contribution is -0.123. The van der Waals surface area contributed by atoms with E-state index in [9.17, 15) is 9.90 Å². The summed E-state index contributed by atoms with van der Waals surface area (Å²) in [6.07, 6.45) is 2.06. The van der Waals surface area contributed by atoms with Crippen molar-refractivity contribution in [2.75, 3.05) is 19.6 Å². The maximum absolute atomic E-state index is 12.0. The quantitative estimate of drug-likeness (QED) is 0.813. The summed E-state index contributed by atoms with van der Waals surface area (Å²) in [6, 6.07) is 10.6. The molecule has 0 bridgehead atoms. The third kappa shape index (κ3) is 4.82. The number of likely N-dealkylation sites (tertiary alicyclic amines) is 1. The standard InChI is InChI=1S/C18H28N2O2/c1-14(2)17(21)12-18(22)19-13-16(20-10-6-7-11-20)15-8-4-3-5-9-15/h3-5,8-9,14,16-17,21H,6-7,10-13H2,1-2H3,(H,19,22). The summed E-state index contributed by atoms with van der Waals surface area (Å²) in [7, 11) is 0. The Balaban J connectivity index is 1.94. The molecule has 1 aromatic carbocycles. The molecule has 1 heterocycles. The van der Waals surface area contributed by atoms with Gasteiger partial charge >= 0.3 is 0 Å². The number of aliphatic hydroxyl groups is 1. The number of amides is 1. The van der Waals surface area contributed by atoms with E-state index in [-0.39, 0.29) is 24.3 Å². The van der Waals surface area contributed by atoms with E-state index in [4.69, 9.17) is 0 Å². The minimum atomic E-state index is -0.568. The summed E-state index contributed by atoms with van der Waals surface area (Å²) >= 11 is 0. The number of hydrogen-bond donors (Lipinski definition) is 2. The van der Waals surface area contributed by atoms with Gasteiger partial charge in [0.15, 0.2) is 0 Å². The van der Waals surface area contributed by atoms with Gasteiger partial charge in [0.05, 0.1) is 18.6 Å². The van der Waals surface area contributed by atoms with Crippen molar-refractivity contribution in [1.82, 2.24) is 10.2 Å². The van der Waals surface area contributed by atoms with Crippen molar-refractivity contribution in [3.8, 4) is 0 Å². The van der Waals surface area contributed by atoms with Crippen LogP contribution in [0.1, 0.15) is 44.7 Å². The average molecular weight is 304 g/mol. The zero-order valence-corrected chi connectivity index (χ0v) is 13.7. The number of carbonyl (C=O) groups excluding carboxylic acids is 1. The molecule has 0 aromatic heterocycles. The van der Waals surface area contributed by atoms with Crippen LogP contribution in [0, 0.1) is 5.92 Å². The van der Waals surface area contributed by atoms with Gasteiger partial charge in [-0.25, -0.2) is 0 Å². The lowest BCUT2D eigenvalue weighted by Crippen LogP contribution is -2.38. The second kappa shape index (κ2) is 8.30. The summed E-state index contributed by atoms with van der Waals surface area (Å²) in [4.78, 5) is 14.5. The van der Waals surface area contributed by atoms with Crippen LogP contribution < -0.4 is 5.32 Å². The molecule has 4 heteroatoms. The van der Waals surface area contributed by atoms with Crippen LogP contribution in [0.25, 0.3) is 0 Å². The number of nitrogens with one attached hydrogen (secondary N) is 1. The molecule has 0 radical (unpaired) electrons. The lowest BCUT2D eigenvalue weighted by atomic mass is 10.0. The van der Waals surface area contributed by atoms with E-state index in [1.807, 2.05) is 32.0 Å². The number of carbonyl (C=O) groups is 1. The van der Waals surface area contributed by atoms with Crippen molar-refractivity contribution in [2.24, 2.45) is 5.92 Å². The van der Waals surface area contributed by atoms with Crippen molar-refractivity contribution in [1.29, 1.82) is 0 Å². The minimum absolute atomic E-state index is 0.0682. The molecule has 0 saturated carbocycles. The van der Waals surface area contributed by atoms with Gasteiger partial charge in [-0.2, -0.15) is 0 Å². The first-order valence-corrected chi connectivity index (χ1v) is 8.31. The van der Waals surface area contributed by atoms with E-state index in [1.165, 1.54) is 18.4 Å². The van der Waals surface area contributed by atoms with E-state index in [0.717, 1.165) is 13.1 Å². The molecule has 2 rings (SSSR count). The van der Waals surface area contributed by atoms with Gasteiger partial charge in [-0.05, 0) is 37.4 Å². The predicted octanol–water partition coefficient (Wildman–Crippen LogP) is 2.35. The highest BCUT2D eigenvalue weighted by atomic mass is 16.3. The van der Waals surface area contributed by atoms with Crippen LogP contribution in [0.2, 0.25) is 0 Å². The molecule has 1 saturated heterocycles. The first kappa shape index (κ1) is 17.0. The molecule has 0 aliphatic carbocycles. The summed E-state index contributed by atoms with van der Waals surface area (Å²) < 4.78 is 0. The third-order valence-corrected chi connectivity index (χ3v) is 4.42. The second-order valence-electron chi connectivity index (χ2n) is 6.49. The van der Waals surface area contributed by atoms with Gasteiger partial charge in [-0.15, -0.1) is 0 Å². The van der Waals surface area contributed by atoms with Crippen LogP contribution in [0.15, 0.2) is 30.3 Å². The highest BCUT2D eigenvalue weighted by molar-refractivity contribution is 5.76. The monoisotopic (exact) mass is 304 g/mol. The van der Waals surface area contributed by atoms with Crippen LogP contribution >= 0.6 is 0 Å². The first-order valence-electron chi connectivity index (χ1n) is 8.31. The summed E-state index contributed by atoms with van der Waals surface area (Å²) in [5.74, 6) is 0.0376. The van der Waals surface area contributed by atoms with Crippen LogP contribution in [0.4, 0.5) is 0 Å². The molecule has 0 spiro atoms. The Morgan fingerprint density at radius 3 is 2.45 bits per heavy atom. The fourth-order valence-electron chi connectivity index (χ4n) is 2.89. The summed E-state index contributed by atoms with van der Waals surface area (Å²) in [5.41, 5.74) is 1.24. The van der Waals surface area contributed by atoms with E-state index >= 15 is 0 Å². The smallest absolute Gasteiger partial charge is 0.222 e. The Kier molecular flexibility index (Phi) is 6.40. The Labute approximate surface area is 133 Å². The largest absolute Gasteiger partial charge is 0.392 e. The van der Waals surface area contributed by atoms with Gasteiger partial charge in [0, 0.05) is 6.54 Å². The Hall–Kier alpha value is -1.39. The van der Waals surface area contributed by atoms with E-state index in [0.29, 0.717) is 6.54 Å². The van der Waals surface area contributed by atoms with Crippen LogP contribution in [0.5, 0.6) is 0 Å². The van der Waals surface area contributed by atoms with Gasteiger partial charge in [0.1, 0.15) is 0 Å². The molecule has 1 amide bonds. The fourth-order valence-corrected chi connectivity index (χ4v) is 2.89. The molecule has 2 N–H and O–H groups in total. The Morgan fingerprint density at radius 1 is 1.23 bits per heavy atom. The molecular weight excluding hydrogens is 276 g/mol. The molecule has 4 nitrogen and oxygen atoms in total. The van der Waals surface area contributed by atoms with Crippen molar-refractivity contribution >= 4 is 5.91 Å². The van der Waals surface area contributed by atoms with E-state index in [2.05, 4.69) is 22.3 Å². The average Bonchev–Trinajstić information content (AvgIpc) is 3.02. The molecule has 2 atom stereocenters.